The van der Waals surface area contributed by atoms with Crippen molar-refractivity contribution in [2.24, 2.45) is 0 Å². The summed E-state index contributed by atoms with van der Waals surface area (Å²) in [5, 5.41) is 4.38. The van der Waals surface area contributed by atoms with Gasteiger partial charge in [-0.25, -0.2) is 0 Å². The topological polar surface area (TPSA) is 65.9 Å². The molecule has 0 bridgehead atoms. The lowest BCUT2D eigenvalue weighted by molar-refractivity contribution is 0.173. The second kappa shape index (κ2) is 7.24. The van der Waals surface area contributed by atoms with Gasteiger partial charge in [0.15, 0.2) is 23.0 Å². The van der Waals surface area contributed by atoms with E-state index in [0.29, 0.717) is 13.1 Å². The van der Waals surface area contributed by atoms with Gasteiger partial charge in [0.05, 0.1) is 11.4 Å². The van der Waals surface area contributed by atoms with Gasteiger partial charge in [0.1, 0.15) is 0 Å². The Morgan fingerprint density at radius 3 is 1.50 bits per heavy atom. The van der Waals surface area contributed by atoms with Crippen molar-refractivity contribution in [3.05, 3.63) is 59.2 Å². The first kappa shape index (κ1) is 19.1. The van der Waals surface area contributed by atoms with E-state index in [1.54, 1.807) is 0 Å². The molecule has 0 radical (unpaired) electrons. The van der Waals surface area contributed by atoms with E-state index < -0.39 is 0 Å². The van der Waals surface area contributed by atoms with Crippen LogP contribution in [-0.4, -0.2) is 35.5 Å². The zero-order valence-electron chi connectivity index (χ0n) is 18.3. The number of ether oxygens (including phenoxy) is 4. The minimum Gasteiger partial charge on any atom is -0.454 e. The van der Waals surface area contributed by atoms with Crippen molar-refractivity contribution in [1.29, 1.82) is 0 Å². The number of rotatable bonds is 4. The molecule has 0 N–H and O–H groups in total. The third-order valence-electron chi connectivity index (χ3n) is 5.90. The highest BCUT2D eigenvalue weighted by molar-refractivity contribution is 5.89. The summed E-state index contributed by atoms with van der Waals surface area (Å²) >= 11 is 0. The number of nitrogens with zero attached hydrogens (tertiary/aromatic N) is 3. The van der Waals surface area contributed by atoms with Gasteiger partial charge < -0.3 is 18.9 Å². The van der Waals surface area contributed by atoms with Gasteiger partial charge >= 0.3 is 0 Å². The van der Waals surface area contributed by atoms with Crippen molar-refractivity contribution in [3.8, 4) is 23.0 Å². The molecule has 4 aromatic rings. The molecule has 4 heterocycles. The standard InChI is InChI=1S/C25H23N3O4/c1-14-4-16-6-22-24(31-12-29-22)8-18(16)20(26-14)10-28(3)11-21-19-9-25-23(30-13-32-25)7-17(19)5-15(2)27-21/h4-9H,10-13H2,1-3H3. The third-order valence-corrected chi connectivity index (χ3v) is 5.90. The molecule has 0 amide bonds. The largest absolute Gasteiger partial charge is 0.454 e. The maximum atomic E-state index is 5.59. The van der Waals surface area contributed by atoms with E-state index in [9.17, 15) is 0 Å². The van der Waals surface area contributed by atoms with Crippen LogP contribution >= 0.6 is 0 Å². The summed E-state index contributed by atoms with van der Waals surface area (Å²) in [4.78, 5) is 11.9. The average Bonchev–Trinajstić information content (AvgIpc) is 3.39. The number of benzene rings is 2. The van der Waals surface area contributed by atoms with E-state index in [1.165, 1.54) is 0 Å². The monoisotopic (exact) mass is 429 g/mol. The molecular formula is C25H23N3O4. The Labute approximate surface area is 185 Å². The Bertz CT molecular complexity index is 1280. The Kier molecular flexibility index (Phi) is 4.33. The van der Waals surface area contributed by atoms with Crippen LogP contribution in [0.4, 0.5) is 0 Å². The lowest BCUT2D eigenvalue weighted by Gasteiger charge is -2.19. The van der Waals surface area contributed by atoms with Gasteiger partial charge in [0.25, 0.3) is 0 Å². The Morgan fingerprint density at radius 2 is 1.06 bits per heavy atom. The Morgan fingerprint density at radius 1 is 0.656 bits per heavy atom. The van der Waals surface area contributed by atoms with Crippen molar-refractivity contribution < 1.29 is 18.9 Å². The maximum absolute atomic E-state index is 5.59. The summed E-state index contributed by atoms with van der Waals surface area (Å²) in [6.07, 6.45) is 0. The van der Waals surface area contributed by atoms with E-state index in [-0.39, 0.29) is 13.6 Å². The zero-order valence-corrected chi connectivity index (χ0v) is 18.3. The number of hydrogen-bond donors (Lipinski definition) is 0. The molecule has 0 saturated heterocycles. The van der Waals surface area contributed by atoms with Gasteiger partial charge in [-0.15, -0.1) is 0 Å². The molecule has 162 valence electrons. The quantitative estimate of drug-likeness (QED) is 0.474. The molecular weight excluding hydrogens is 406 g/mol. The van der Waals surface area contributed by atoms with Crippen LogP contribution in [-0.2, 0) is 13.1 Å². The fourth-order valence-corrected chi connectivity index (χ4v) is 4.52. The van der Waals surface area contributed by atoms with Crippen LogP contribution in [0.5, 0.6) is 23.0 Å². The summed E-state index contributed by atoms with van der Waals surface area (Å²) < 4.78 is 22.3. The Hall–Kier alpha value is -3.58. The van der Waals surface area contributed by atoms with Crippen LogP contribution in [0.15, 0.2) is 36.4 Å². The highest BCUT2D eigenvalue weighted by Crippen LogP contribution is 2.38. The van der Waals surface area contributed by atoms with Crippen molar-refractivity contribution >= 4 is 21.5 Å². The second-order valence-electron chi connectivity index (χ2n) is 8.45. The molecule has 2 aliphatic rings. The molecule has 0 unspecified atom stereocenters. The molecule has 0 fully saturated rings. The van der Waals surface area contributed by atoms with Crippen molar-refractivity contribution in [1.82, 2.24) is 14.9 Å². The second-order valence-corrected chi connectivity index (χ2v) is 8.45. The van der Waals surface area contributed by atoms with Crippen LogP contribution in [0.25, 0.3) is 21.5 Å². The van der Waals surface area contributed by atoms with E-state index in [0.717, 1.165) is 67.3 Å². The average molecular weight is 429 g/mol. The zero-order chi connectivity index (χ0) is 21.8. The van der Waals surface area contributed by atoms with Crippen molar-refractivity contribution in [2.75, 3.05) is 20.6 Å². The first-order valence-corrected chi connectivity index (χ1v) is 10.6. The van der Waals surface area contributed by atoms with Crippen LogP contribution in [0.3, 0.4) is 0 Å². The number of aromatic nitrogens is 2. The fourth-order valence-electron chi connectivity index (χ4n) is 4.52. The summed E-state index contributed by atoms with van der Waals surface area (Å²) in [6.45, 7) is 5.92. The van der Waals surface area contributed by atoms with Crippen molar-refractivity contribution in [3.63, 3.8) is 0 Å². The first-order chi connectivity index (χ1) is 15.5. The van der Waals surface area contributed by atoms with Gasteiger partial charge in [-0.05, 0) is 68.1 Å². The highest BCUT2D eigenvalue weighted by Gasteiger charge is 2.19. The molecule has 7 nitrogen and oxygen atoms in total. The number of pyridine rings is 2. The van der Waals surface area contributed by atoms with Crippen molar-refractivity contribution in [2.45, 2.75) is 26.9 Å². The predicted octanol–water partition coefficient (Wildman–Crippen LogP) is 4.49. The van der Waals surface area contributed by atoms with Gasteiger partial charge in [-0.1, -0.05) is 0 Å². The number of hydrogen-bond acceptors (Lipinski definition) is 7. The first-order valence-electron chi connectivity index (χ1n) is 10.6. The summed E-state index contributed by atoms with van der Waals surface area (Å²) in [5.41, 5.74) is 3.98. The van der Waals surface area contributed by atoms with Gasteiger partial charge in [0.2, 0.25) is 13.6 Å². The molecule has 0 atom stereocenters. The van der Waals surface area contributed by atoms with E-state index in [4.69, 9.17) is 28.9 Å². The maximum Gasteiger partial charge on any atom is 0.231 e. The molecule has 0 aliphatic carbocycles. The highest BCUT2D eigenvalue weighted by atomic mass is 16.7. The third kappa shape index (κ3) is 3.26. The molecule has 0 spiro atoms. The van der Waals surface area contributed by atoms with Gasteiger partial charge in [0, 0.05) is 35.2 Å². The summed E-state index contributed by atoms with van der Waals surface area (Å²) in [7, 11) is 2.09. The predicted molar refractivity (Wildman–Crippen MR) is 120 cm³/mol. The van der Waals surface area contributed by atoms with E-state index in [1.807, 2.05) is 38.1 Å². The van der Waals surface area contributed by atoms with Gasteiger partial charge in [-0.3, -0.25) is 14.9 Å². The van der Waals surface area contributed by atoms with Crippen LogP contribution < -0.4 is 18.9 Å². The summed E-state index contributed by atoms with van der Waals surface area (Å²) in [5.74, 6) is 3.12. The van der Waals surface area contributed by atoms with Crippen LogP contribution in [0, 0.1) is 13.8 Å². The summed E-state index contributed by atoms with van der Waals surface area (Å²) in [6, 6.07) is 12.3. The lowest BCUT2D eigenvalue weighted by Crippen LogP contribution is -2.19. The number of aryl methyl sites for hydroxylation is 2. The Balaban J connectivity index is 1.35. The van der Waals surface area contributed by atoms with Crippen LogP contribution in [0.1, 0.15) is 22.8 Å². The fraction of sp³-hybridized carbons (Fsp3) is 0.280. The minimum absolute atomic E-state index is 0.262. The SMILES string of the molecule is Cc1cc2cc3c(cc2c(CN(C)Cc2nc(C)cc4cc5c(cc24)OCO5)n1)OCO3. The number of fused-ring (bicyclic) bond motifs is 4. The molecule has 2 aromatic carbocycles. The van der Waals surface area contributed by atoms with E-state index >= 15 is 0 Å². The molecule has 7 heteroatoms. The minimum atomic E-state index is 0.262. The lowest BCUT2D eigenvalue weighted by atomic mass is 10.1. The van der Waals surface area contributed by atoms with E-state index in [2.05, 4.69) is 24.1 Å². The smallest absolute Gasteiger partial charge is 0.231 e. The normalized spacial score (nSPS) is 14.1. The molecule has 2 aromatic heterocycles. The van der Waals surface area contributed by atoms with Crippen LogP contribution in [0.2, 0.25) is 0 Å². The molecule has 0 saturated carbocycles. The van der Waals surface area contributed by atoms with Gasteiger partial charge in [-0.2, -0.15) is 0 Å². The molecule has 32 heavy (non-hydrogen) atoms. The molecule has 2 aliphatic heterocycles. The molecule has 6 rings (SSSR count).